The summed E-state index contributed by atoms with van der Waals surface area (Å²) in [6.45, 7) is 9.73. The van der Waals surface area contributed by atoms with Crippen molar-refractivity contribution in [2.24, 2.45) is 17.6 Å². The highest BCUT2D eigenvalue weighted by molar-refractivity contribution is 5.86. The van der Waals surface area contributed by atoms with Gasteiger partial charge in [-0.15, -0.1) is 0 Å². The van der Waals surface area contributed by atoms with Crippen LogP contribution >= 0.6 is 0 Å². The molecule has 2 aromatic carbocycles. The fraction of sp³-hybridized carbons (Fsp3) is 0.477. The Hall–Kier alpha value is -5.53. The second-order valence-corrected chi connectivity index (χ2v) is 15.3. The monoisotopic (exact) mass is 808 g/mol. The molecule has 0 saturated carbocycles. The lowest BCUT2D eigenvalue weighted by Gasteiger charge is -2.34. The molecule has 6 rings (SSSR count). The molecule has 314 valence electrons. The van der Waals surface area contributed by atoms with Crippen molar-refractivity contribution in [3.05, 3.63) is 83.7 Å². The first-order chi connectivity index (χ1) is 28.5. The Morgan fingerprint density at radius 3 is 2.14 bits per heavy atom. The quantitative estimate of drug-likeness (QED) is 0.0827. The summed E-state index contributed by atoms with van der Waals surface area (Å²) in [5.74, 6) is 7.28. The maximum atomic E-state index is 13.9. The number of aliphatic hydroxyl groups excluding tert-OH is 1. The van der Waals surface area contributed by atoms with Crippen molar-refractivity contribution in [2.45, 2.75) is 90.4 Å². The summed E-state index contributed by atoms with van der Waals surface area (Å²) in [5, 5.41) is 12.4. The van der Waals surface area contributed by atoms with Crippen molar-refractivity contribution in [1.82, 2.24) is 35.1 Å². The van der Waals surface area contributed by atoms with Gasteiger partial charge in [0.1, 0.15) is 23.8 Å². The molecule has 2 fully saturated rings. The van der Waals surface area contributed by atoms with Crippen molar-refractivity contribution >= 4 is 17.9 Å². The Balaban J connectivity index is 1.09. The number of ether oxygens (including phenoxy) is 3. The molecule has 2 aliphatic rings. The van der Waals surface area contributed by atoms with Crippen LogP contribution in [-0.4, -0.2) is 105 Å². The zero-order valence-electron chi connectivity index (χ0n) is 34.4. The van der Waals surface area contributed by atoms with Crippen LogP contribution in [0.15, 0.2) is 60.9 Å². The summed E-state index contributed by atoms with van der Waals surface area (Å²) >= 11 is 0. The molecule has 15 nitrogen and oxygen atoms in total. The predicted molar refractivity (Wildman–Crippen MR) is 221 cm³/mol. The third-order valence-electron chi connectivity index (χ3n) is 11.1. The van der Waals surface area contributed by atoms with E-state index in [0.717, 1.165) is 46.5 Å². The van der Waals surface area contributed by atoms with Crippen LogP contribution in [0.1, 0.15) is 94.7 Å². The first-order valence-electron chi connectivity index (χ1n) is 20.5. The molecule has 15 heteroatoms. The SMILES string of the molecule is CC[C@@H](c1ncc(-c2ccc(C#Cc3ccc(-c4cnc([C@@H]5CCCN5C(=O)[C@@H](NC(=O)OC)C5CCOCC5)[nH]4)cc3)cc2)[nH]1)N(CC)C(=O)[C@@H](OC(N)O)C(C)C. The van der Waals surface area contributed by atoms with Gasteiger partial charge in [0.2, 0.25) is 12.3 Å². The number of methoxy groups -OCH3 is 1. The number of aromatic nitrogens is 4. The second kappa shape index (κ2) is 20.0. The van der Waals surface area contributed by atoms with Gasteiger partial charge in [-0.2, -0.15) is 0 Å². The summed E-state index contributed by atoms with van der Waals surface area (Å²) in [6.07, 6.45) is 4.12. The van der Waals surface area contributed by atoms with Crippen molar-refractivity contribution < 1.29 is 33.7 Å². The molecule has 0 bridgehead atoms. The van der Waals surface area contributed by atoms with Gasteiger partial charge in [-0.05, 0) is 86.3 Å². The number of aromatic amines is 2. The van der Waals surface area contributed by atoms with E-state index in [4.69, 9.17) is 19.9 Å². The van der Waals surface area contributed by atoms with Crippen molar-refractivity contribution in [1.29, 1.82) is 0 Å². The van der Waals surface area contributed by atoms with Crippen LogP contribution in [0.3, 0.4) is 0 Å². The highest BCUT2D eigenvalue weighted by Gasteiger charge is 2.40. The number of hydrogen-bond acceptors (Lipinski definition) is 10. The fourth-order valence-electron chi connectivity index (χ4n) is 7.93. The van der Waals surface area contributed by atoms with Crippen LogP contribution in [0.5, 0.6) is 0 Å². The Kier molecular flexibility index (Phi) is 14.6. The van der Waals surface area contributed by atoms with Gasteiger partial charge in [-0.3, -0.25) is 15.3 Å². The molecule has 1 unspecified atom stereocenters. The molecule has 4 aromatic rings. The smallest absolute Gasteiger partial charge is 0.407 e. The van der Waals surface area contributed by atoms with Gasteiger partial charge in [0.05, 0.1) is 43.0 Å². The predicted octanol–water partition coefficient (Wildman–Crippen LogP) is 5.26. The zero-order valence-corrected chi connectivity index (χ0v) is 34.4. The summed E-state index contributed by atoms with van der Waals surface area (Å²) in [7, 11) is 1.30. The number of nitrogens with one attached hydrogen (secondary N) is 3. The molecule has 4 heterocycles. The van der Waals surface area contributed by atoms with Crippen molar-refractivity contribution in [2.75, 3.05) is 33.4 Å². The minimum absolute atomic E-state index is 0.0304. The average molecular weight is 809 g/mol. The molecular weight excluding hydrogens is 753 g/mol. The molecule has 2 aromatic heterocycles. The standard InChI is InChI=1S/C44H56N8O7/c1-6-35(51(7-2)42(54)38(27(3)4)59-43(45)55)39-46-25-33(48-39)30-16-12-28(13-17-30)10-11-29-14-18-31(19-15-29)34-26-47-40(49-34)36-9-8-22-52(36)41(53)37(50-44(56)57-5)32-20-23-58-24-21-32/h12-19,25-27,32,35-38,43,55H,6-9,20-24,45H2,1-5H3,(H,46,48)(H,47,49)(H,50,56)/t35-,36-,37-,38-,43?/m0/s1. The van der Waals surface area contributed by atoms with Crippen LogP contribution < -0.4 is 11.1 Å². The zero-order chi connectivity index (χ0) is 42.1. The number of hydrogen-bond donors (Lipinski definition) is 5. The number of benzene rings is 2. The number of aliphatic hydroxyl groups is 1. The topological polar surface area (TPSA) is 201 Å². The number of carbonyl (C=O) groups is 3. The van der Waals surface area contributed by atoms with Crippen LogP contribution in [0.4, 0.5) is 4.79 Å². The van der Waals surface area contributed by atoms with Gasteiger partial charge in [-0.25, -0.2) is 14.8 Å². The third-order valence-corrected chi connectivity index (χ3v) is 11.1. The normalized spacial score (nSPS) is 17.8. The summed E-state index contributed by atoms with van der Waals surface area (Å²) in [5.41, 5.74) is 10.7. The summed E-state index contributed by atoms with van der Waals surface area (Å²) < 4.78 is 15.7. The minimum Gasteiger partial charge on any atom is -0.453 e. The fourth-order valence-corrected chi connectivity index (χ4v) is 7.93. The lowest BCUT2D eigenvalue weighted by molar-refractivity contribution is -0.176. The van der Waals surface area contributed by atoms with Gasteiger partial charge in [0.25, 0.3) is 5.91 Å². The van der Waals surface area contributed by atoms with Crippen molar-refractivity contribution in [3.63, 3.8) is 0 Å². The Morgan fingerprint density at radius 1 is 0.966 bits per heavy atom. The largest absolute Gasteiger partial charge is 0.453 e. The molecule has 59 heavy (non-hydrogen) atoms. The highest BCUT2D eigenvalue weighted by Crippen LogP contribution is 2.34. The number of nitrogens with zero attached hydrogens (tertiary/aromatic N) is 4. The number of alkyl carbamates (subject to hydrolysis) is 1. The third kappa shape index (κ3) is 10.4. The Bertz CT molecular complexity index is 2080. The number of likely N-dealkylation sites (tertiary alicyclic amines) is 1. The number of nitrogens with two attached hydrogens (primary N) is 1. The maximum Gasteiger partial charge on any atom is 0.407 e. The Morgan fingerprint density at radius 2 is 1.58 bits per heavy atom. The molecule has 2 aliphatic heterocycles. The van der Waals surface area contributed by atoms with E-state index in [0.29, 0.717) is 57.2 Å². The van der Waals surface area contributed by atoms with Gasteiger partial charge in [-0.1, -0.05) is 56.9 Å². The van der Waals surface area contributed by atoms with Crippen LogP contribution in [0, 0.1) is 23.7 Å². The number of carbonyl (C=O) groups excluding carboxylic acids is 3. The van der Waals surface area contributed by atoms with Gasteiger partial charge >= 0.3 is 6.09 Å². The van der Waals surface area contributed by atoms with E-state index in [9.17, 15) is 19.5 Å². The lowest BCUT2D eigenvalue weighted by atomic mass is 9.90. The Labute approximate surface area is 345 Å². The summed E-state index contributed by atoms with van der Waals surface area (Å²) in [6, 6.07) is 14.6. The molecule has 6 N–H and O–H groups in total. The molecule has 0 aliphatic carbocycles. The second-order valence-electron chi connectivity index (χ2n) is 15.3. The minimum atomic E-state index is -1.55. The number of imidazole rings is 2. The van der Waals surface area contributed by atoms with E-state index in [2.05, 4.69) is 37.1 Å². The van der Waals surface area contributed by atoms with Crippen molar-refractivity contribution in [3.8, 4) is 34.4 Å². The molecular formula is C44H56N8O7. The summed E-state index contributed by atoms with van der Waals surface area (Å²) in [4.78, 5) is 59.3. The van der Waals surface area contributed by atoms with E-state index in [1.807, 2.05) is 81.1 Å². The van der Waals surface area contributed by atoms with E-state index in [1.165, 1.54) is 7.11 Å². The van der Waals surface area contributed by atoms with E-state index in [1.54, 1.807) is 17.3 Å². The van der Waals surface area contributed by atoms with E-state index < -0.39 is 24.7 Å². The average Bonchev–Trinajstić information content (AvgIpc) is 4.05. The lowest BCUT2D eigenvalue weighted by Crippen LogP contribution is -2.53. The molecule has 5 atom stereocenters. The van der Waals surface area contributed by atoms with E-state index >= 15 is 0 Å². The maximum absolute atomic E-state index is 13.9. The van der Waals surface area contributed by atoms with E-state index in [-0.39, 0.29) is 35.7 Å². The highest BCUT2D eigenvalue weighted by atomic mass is 16.6. The van der Waals surface area contributed by atoms with Gasteiger partial charge < -0.3 is 44.4 Å². The number of H-pyrrole nitrogens is 2. The molecule has 2 saturated heterocycles. The van der Waals surface area contributed by atoms with Gasteiger partial charge in [0.15, 0.2) is 0 Å². The molecule has 0 spiro atoms. The molecule has 3 amide bonds. The number of likely N-dealkylation sites (N-methyl/N-ethyl adjacent to an activating group) is 1. The number of rotatable bonds is 14. The molecule has 0 radical (unpaired) electrons. The van der Waals surface area contributed by atoms with Crippen LogP contribution in [0.25, 0.3) is 22.5 Å². The first-order valence-corrected chi connectivity index (χ1v) is 20.5. The van der Waals surface area contributed by atoms with Crippen LogP contribution in [0.2, 0.25) is 0 Å². The van der Waals surface area contributed by atoms with Crippen LogP contribution in [-0.2, 0) is 23.8 Å². The first kappa shape index (κ1) is 43.1. The number of amides is 3. The van der Waals surface area contributed by atoms with Gasteiger partial charge in [0, 0.05) is 37.4 Å².